The zero-order chi connectivity index (χ0) is 15.8. The number of rotatable bonds is 6. The average Bonchev–Trinajstić information content (AvgIpc) is 2.57. The van der Waals surface area contributed by atoms with Crippen LogP contribution in [0.2, 0.25) is 0 Å². The van der Waals surface area contributed by atoms with Crippen molar-refractivity contribution in [3.05, 3.63) is 71.3 Å². The summed E-state index contributed by atoms with van der Waals surface area (Å²) in [5, 5.41) is 9.29. The van der Waals surface area contributed by atoms with Crippen molar-refractivity contribution in [3.63, 3.8) is 0 Å². The molecule has 0 spiro atoms. The van der Waals surface area contributed by atoms with E-state index in [9.17, 15) is 5.26 Å². The molecule has 112 valence electrons. The van der Waals surface area contributed by atoms with Gasteiger partial charge in [-0.15, -0.1) is 0 Å². The molecule has 0 heterocycles. The molecule has 0 aliphatic rings. The molecule has 2 aromatic carbocycles. The minimum Gasteiger partial charge on any atom is -0.494 e. The Bertz CT molecular complexity index is 663. The monoisotopic (exact) mass is 291 g/mol. The summed E-state index contributed by atoms with van der Waals surface area (Å²) in [7, 11) is 0. The number of hydrogen-bond acceptors (Lipinski definition) is 2. The van der Waals surface area contributed by atoms with Gasteiger partial charge >= 0.3 is 0 Å². The van der Waals surface area contributed by atoms with Crippen LogP contribution < -0.4 is 4.74 Å². The summed E-state index contributed by atoms with van der Waals surface area (Å²) in [6.45, 7) is 4.75. The van der Waals surface area contributed by atoms with Gasteiger partial charge in [0.15, 0.2) is 0 Å². The van der Waals surface area contributed by atoms with Crippen molar-refractivity contribution in [2.24, 2.45) is 0 Å². The Labute approximate surface area is 132 Å². The van der Waals surface area contributed by atoms with Crippen LogP contribution in [0.15, 0.2) is 60.2 Å². The largest absolute Gasteiger partial charge is 0.494 e. The third-order valence-corrected chi connectivity index (χ3v) is 3.51. The number of nitriles is 1. The molecule has 2 heteroatoms. The number of nitrogens with zero attached hydrogens (tertiary/aromatic N) is 1. The van der Waals surface area contributed by atoms with Crippen LogP contribution in [0.3, 0.4) is 0 Å². The highest BCUT2D eigenvalue weighted by atomic mass is 16.5. The summed E-state index contributed by atoms with van der Waals surface area (Å²) < 4.78 is 5.69. The summed E-state index contributed by atoms with van der Waals surface area (Å²) in [5.74, 6) is 0.874. The molecule has 0 saturated carbocycles. The smallest absolute Gasteiger partial charge is 0.119 e. The molecule has 0 fully saturated rings. The van der Waals surface area contributed by atoms with E-state index in [2.05, 4.69) is 13.0 Å². The van der Waals surface area contributed by atoms with Crippen molar-refractivity contribution in [3.8, 4) is 11.8 Å². The lowest BCUT2D eigenvalue weighted by Crippen LogP contribution is -1.97. The first-order valence-electron chi connectivity index (χ1n) is 7.66. The van der Waals surface area contributed by atoms with Crippen LogP contribution in [0.4, 0.5) is 0 Å². The van der Waals surface area contributed by atoms with E-state index in [1.165, 1.54) is 0 Å². The zero-order valence-electron chi connectivity index (χ0n) is 13.2. The predicted octanol–water partition coefficient (Wildman–Crippen LogP) is 5.21. The maximum absolute atomic E-state index is 9.29. The summed E-state index contributed by atoms with van der Waals surface area (Å²) in [5.41, 5.74) is 3.78. The fraction of sp³-hybridized carbons (Fsp3) is 0.250. The van der Waals surface area contributed by atoms with Crippen molar-refractivity contribution in [2.75, 3.05) is 6.61 Å². The van der Waals surface area contributed by atoms with E-state index < -0.39 is 0 Å². The minimum absolute atomic E-state index is 0.714. The Hall–Kier alpha value is -2.53. The van der Waals surface area contributed by atoms with E-state index in [-0.39, 0.29) is 0 Å². The van der Waals surface area contributed by atoms with Gasteiger partial charge in [0.1, 0.15) is 5.75 Å². The zero-order valence-corrected chi connectivity index (χ0v) is 13.2. The normalized spacial score (nSPS) is 11.5. The molecule has 0 atom stereocenters. The molecule has 0 aliphatic heterocycles. The summed E-state index contributed by atoms with van der Waals surface area (Å²) in [6, 6.07) is 20.3. The molecule has 2 aromatic rings. The van der Waals surface area contributed by atoms with E-state index >= 15 is 0 Å². The highest BCUT2D eigenvalue weighted by Gasteiger charge is 2.09. The third-order valence-electron chi connectivity index (χ3n) is 3.51. The molecule has 0 bridgehead atoms. The van der Waals surface area contributed by atoms with Crippen LogP contribution in [0, 0.1) is 11.3 Å². The van der Waals surface area contributed by atoms with Crippen LogP contribution in [0.1, 0.15) is 37.8 Å². The fourth-order valence-electron chi connectivity index (χ4n) is 2.31. The summed E-state index contributed by atoms with van der Waals surface area (Å²) >= 11 is 0. The van der Waals surface area contributed by atoms with Gasteiger partial charge in [-0.3, -0.25) is 0 Å². The van der Waals surface area contributed by atoms with Gasteiger partial charge in [-0.05, 0) is 36.6 Å². The van der Waals surface area contributed by atoms with Gasteiger partial charge in [-0.1, -0.05) is 55.8 Å². The number of ether oxygens (including phenoxy) is 1. The quantitative estimate of drug-likeness (QED) is 0.540. The second kappa shape index (κ2) is 8.05. The van der Waals surface area contributed by atoms with Crippen LogP contribution in [0.5, 0.6) is 5.75 Å². The van der Waals surface area contributed by atoms with Gasteiger partial charge in [-0.25, -0.2) is 0 Å². The molecule has 0 amide bonds. The van der Waals surface area contributed by atoms with E-state index in [4.69, 9.17) is 4.74 Å². The fourth-order valence-corrected chi connectivity index (χ4v) is 2.31. The molecule has 0 aromatic heterocycles. The Morgan fingerprint density at radius 2 is 1.64 bits per heavy atom. The van der Waals surface area contributed by atoms with Crippen molar-refractivity contribution in [1.29, 1.82) is 5.26 Å². The Morgan fingerprint density at radius 1 is 1.00 bits per heavy atom. The predicted molar refractivity (Wildman–Crippen MR) is 90.6 cm³/mol. The lowest BCUT2D eigenvalue weighted by Gasteiger charge is -2.11. The molecule has 2 rings (SSSR count). The summed E-state index contributed by atoms with van der Waals surface area (Å²) in [4.78, 5) is 0. The molecular weight excluding hydrogens is 270 g/mol. The number of hydrogen-bond donors (Lipinski definition) is 0. The van der Waals surface area contributed by atoms with Gasteiger partial charge in [0.2, 0.25) is 0 Å². The van der Waals surface area contributed by atoms with Crippen LogP contribution in [-0.4, -0.2) is 6.61 Å². The van der Waals surface area contributed by atoms with Crippen molar-refractivity contribution in [1.82, 2.24) is 0 Å². The molecule has 0 saturated heterocycles. The van der Waals surface area contributed by atoms with Crippen LogP contribution in [-0.2, 0) is 0 Å². The third kappa shape index (κ3) is 3.99. The molecule has 2 nitrogen and oxygen atoms in total. The van der Waals surface area contributed by atoms with E-state index in [1.54, 1.807) is 0 Å². The first-order chi connectivity index (χ1) is 10.8. The Morgan fingerprint density at radius 3 is 2.23 bits per heavy atom. The number of benzene rings is 2. The van der Waals surface area contributed by atoms with Gasteiger partial charge in [0.25, 0.3) is 0 Å². The molecule has 0 unspecified atom stereocenters. The van der Waals surface area contributed by atoms with Crippen LogP contribution >= 0.6 is 0 Å². The maximum Gasteiger partial charge on any atom is 0.119 e. The van der Waals surface area contributed by atoms with Crippen molar-refractivity contribution >= 4 is 5.57 Å². The van der Waals surface area contributed by atoms with Gasteiger partial charge < -0.3 is 4.74 Å². The summed E-state index contributed by atoms with van der Waals surface area (Å²) in [6.07, 6.45) is 2.19. The lowest BCUT2D eigenvalue weighted by atomic mass is 9.94. The number of unbranched alkanes of at least 4 members (excludes halogenated alkanes) is 1. The average molecular weight is 291 g/mol. The first-order valence-corrected chi connectivity index (χ1v) is 7.66. The highest BCUT2D eigenvalue weighted by molar-refractivity contribution is 5.83. The van der Waals surface area contributed by atoms with E-state index in [0.717, 1.165) is 41.9 Å². The molecule has 0 radical (unpaired) electrons. The van der Waals surface area contributed by atoms with Crippen molar-refractivity contribution < 1.29 is 4.74 Å². The SMILES string of the molecule is CCCCOc1ccc(/C(=C(\C)C#N)c2ccccc2)cc1. The topological polar surface area (TPSA) is 33.0 Å². The second-order valence-corrected chi connectivity index (χ2v) is 5.20. The highest BCUT2D eigenvalue weighted by Crippen LogP contribution is 2.28. The molecule has 0 N–H and O–H groups in total. The standard InChI is InChI=1S/C20H21NO/c1-3-4-14-22-19-12-10-18(11-13-19)20(16(2)15-21)17-8-6-5-7-9-17/h5-13H,3-4,14H2,1-2H3/b20-16+. The number of allylic oxidation sites excluding steroid dienone is 1. The van der Waals surface area contributed by atoms with Gasteiger partial charge in [0, 0.05) is 11.1 Å². The first kappa shape index (κ1) is 15.9. The molecular formula is C20H21NO. The minimum atomic E-state index is 0.714. The van der Waals surface area contributed by atoms with Crippen molar-refractivity contribution in [2.45, 2.75) is 26.7 Å². The van der Waals surface area contributed by atoms with Gasteiger partial charge in [-0.2, -0.15) is 5.26 Å². The van der Waals surface area contributed by atoms with Gasteiger partial charge in [0.05, 0.1) is 12.7 Å². The van der Waals surface area contributed by atoms with E-state index in [0.29, 0.717) is 5.57 Å². The Kier molecular flexibility index (Phi) is 5.80. The van der Waals surface area contributed by atoms with E-state index in [1.807, 2.05) is 61.5 Å². The lowest BCUT2D eigenvalue weighted by molar-refractivity contribution is 0.309. The molecule has 0 aliphatic carbocycles. The Balaban J connectivity index is 2.29. The second-order valence-electron chi connectivity index (χ2n) is 5.20. The maximum atomic E-state index is 9.29. The molecule has 22 heavy (non-hydrogen) atoms. The van der Waals surface area contributed by atoms with Crippen LogP contribution in [0.25, 0.3) is 5.57 Å².